The molecule has 1 aromatic carbocycles. The van der Waals surface area contributed by atoms with Gasteiger partial charge in [0.1, 0.15) is 12.3 Å². The number of hydrogen-bond donors (Lipinski definition) is 0. The number of likely N-dealkylation sites (tertiary alicyclic amines) is 2. The van der Waals surface area contributed by atoms with Crippen LogP contribution in [0.25, 0.3) is 0 Å². The lowest BCUT2D eigenvalue weighted by molar-refractivity contribution is -0.145. The second kappa shape index (κ2) is 5.92. The van der Waals surface area contributed by atoms with E-state index in [9.17, 15) is 14.4 Å². The number of hydrogen-bond acceptors (Lipinski definition) is 4. The van der Waals surface area contributed by atoms with Gasteiger partial charge in [0.05, 0.1) is 6.61 Å². The molecule has 24 heavy (non-hydrogen) atoms. The third-order valence-electron chi connectivity index (χ3n) is 5.17. The number of ether oxygens (including phenoxy) is 1. The van der Waals surface area contributed by atoms with Crippen LogP contribution in [0.15, 0.2) is 18.2 Å². The van der Waals surface area contributed by atoms with Crippen molar-refractivity contribution in [2.75, 3.05) is 26.2 Å². The highest BCUT2D eigenvalue weighted by atomic mass is 16.5. The summed E-state index contributed by atoms with van der Waals surface area (Å²) in [6, 6.07) is 6.29. The second-order valence-electron chi connectivity index (χ2n) is 6.66. The first-order chi connectivity index (χ1) is 11.6. The molecular formula is C18H20N2O4. The van der Waals surface area contributed by atoms with Crippen LogP contribution in [-0.2, 0) is 20.8 Å². The summed E-state index contributed by atoms with van der Waals surface area (Å²) < 4.78 is 5.54. The molecule has 3 aliphatic rings. The van der Waals surface area contributed by atoms with Crippen LogP contribution in [0.4, 0.5) is 0 Å². The highest BCUT2D eigenvalue weighted by molar-refractivity contribution is 6.04. The predicted octanol–water partition coefficient (Wildman–Crippen LogP) is 1.09. The van der Waals surface area contributed by atoms with Crippen molar-refractivity contribution in [2.24, 2.45) is 0 Å². The summed E-state index contributed by atoms with van der Waals surface area (Å²) in [7, 11) is 0. The molecule has 2 saturated heterocycles. The fraction of sp³-hybridized carbons (Fsp3) is 0.500. The van der Waals surface area contributed by atoms with Crippen molar-refractivity contribution in [1.29, 1.82) is 0 Å². The molecule has 1 aromatic rings. The standard InChI is InChI=1S/C18H20N2O4/c21-16-3-4-17(22)20(16)11-18(23)19-7-5-14(10-19)12-1-2-15-13(9-12)6-8-24-15/h1-2,9,14H,3-8,10-11H2. The van der Waals surface area contributed by atoms with Crippen LogP contribution in [0.3, 0.4) is 0 Å². The number of imide groups is 1. The third kappa shape index (κ3) is 2.66. The summed E-state index contributed by atoms with van der Waals surface area (Å²) >= 11 is 0. The second-order valence-corrected chi connectivity index (χ2v) is 6.66. The zero-order chi connectivity index (χ0) is 16.7. The van der Waals surface area contributed by atoms with E-state index in [-0.39, 0.29) is 37.1 Å². The molecule has 3 heterocycles. The SMILES string of the molecule is O=C(CN1C(=O)CCC1=O)N1CCC(c2ccc3c(c2)CCO3)C1. The first-order valence-electron chi connectivity index (χ1n) is 8.48. The summed E-state index contributed by atoms with van der Waals surface area (Å²) in [5.74, 6) is 0.677. The number of carbonyl (C=O) groups excluding carboxylic acids is 3. The van der Waals surface area contributed by atoms with Crippen LogP contribution in [0.2, 0.25) is 0 Å². The van der Waals surface area contributed by atoms with Crippen LogP contribution in [0.1, 0.15) is 36.3 Å². The van der Waals surface area contributed by atoms with Gasteiger partial charge in [0.2, 0.25) is 17.7 Å². The normalized spacial score (nSPS) is 22.9. The Morgan fingerprint density at radius 2 is 1.96 bits per heavy atom. The molecule has 0 saturated carbocycles. The molecule has 2 fully saturated rings. The lowest BCUT2D eigenvalue weighted by atomic mass is 9.96. The molecule has 126 valence electrons. The zero-order valence-corrected chi connectivity index (χ0v) is 13.5. The quantitative estimate of drug-likeness (QED) is 0.779. The fourth-order valence-corrected chi connectivity index (χ4v) is 3.75. The van der Waals surface area contributed by atoms with Gasteiger partial charge < -0.3 is 9.64 Å². The van der Waals surface area contributed by atoms with E-state index in [2.05, 4.69) is 12.1 Å². The molecule has 0 radical (unpaired) electrons. The molecular weight excluding hydrogens is 308 g/mol. The lowest BCUT2D eigenvalue weighted by Gasteiger charge is -2.20. The number of carbonyl (C=O) groups is 3. The maximum atomic E-state index is 12.4. The molecule has 6 nitrogen and oxygen atoms in total. The number of nitrogens with zero attached hydrogens (tertiary/aromatic N) is 2. The highest BCUT2D eigenvalue weighted by Gasteiger charge is 2.34. The first kappa shape index (κ1) is 15.2. The average Bonchev–Trinajstić information content (AvgIpc) is 3.29. The van der Waals surface area contributed by atoms with Gasteiger partial charge in [-0.25, -0.2) is 0 Å². The van der Waals surface area contributed by atoms with E-state index in [1.165, 1.54) is 11.1 Å². The maximum absolute atomic E-state index is 12.4. The van der Waals surface area contributed by atoms with Crippen molar-refractivity contribution in [1.82, 2.24) is 9.80 Å². The highest BCUT2D eigenvalue weighted by Crippen LogP contribution is 2.33. The van der Waals surface area contributed by atoms with Crippen molar-refractivity contribution < 1.29 is 19.1 Å². The van der Waals surface area contributed by atoms with Gasteiger partial charge in [-0.1, -0.05) is 12.1 Å². The Kier molecular flexibility index (Phi) is 3.75. The van der Waals surface area contributed by atoms with Crippen LogP contribution in [0.5, 0.6) is 5.75 Å². The van der Waals surface area contributed by atoms with Crippen molar-refractivity contribution in [3.63, 3.8) is 0 Å². The van der Waals surface area contributed by atoms with Crippen LogP contribution in [-0.4, -0.2) is 53.8 Å². The molecule has 6 heteroatoms. The third-order valence-corrected chi connectivity index (χ3v) is 5.17. The van der Waals surface area contributed by atoms with E-state index in [4.69, 9.17) is 4.74 Å². The van der Waals surface area contributed by atoms with E-state index >= 15 is 0 Å². The number of amides is 3. The van der Waals surface area contributed by atoms with Gasteiger partial charge in [-0.05, 0) is 23.6 Å². The summed E-state index contributed by atoms with van der Waals surface area (Å²) in [5.41, 5.74) is 2.48. The fourth-order valence-electron chi connectivity index (χ4n) is 3.75. The van der Waals surface area contributed by atoms with E-state index in [0.29, 0.717) is 19.0 Å². The van der Waals surface area contributed by atoms with Crippen molar-refractivity contribution in [3.05, 3.63) is 29.3 Å². The van der Waals surface area contributed by atoms with Crippen LogP contribution < -0.4 is 4.74 Å². The summed E-state index contributed by atoms with van der Waals surface area (Å²) in [6.45, 7) is 1.95. The molecule has 1 unspecified atom stereocenters. The van der Waals surface area contributed by atoms with Gasteiger partial charge in [-0.15, -0.1) is 0 Å². The van der Waals surface area contributed by atoms with Crippen LogP contribution in [0, 0.1) is 0 Å². The Morgan fingerprint density at radius 3 is 2.75 bits per heavy atom. The van der Waals surface area contributed by atoms with E-state index in [1.807, 2.05) is 6.07 Å². The number of rotatable bonds is 3. The predicted molar refractivity (Wildman–Crippen MR) is 85.5 cm³/mol. The number of benzene rings is 1. The van der Waals surface area contributed by atoms with E-state index < -0.39 is 0 Å². The van der Waals surface area contributed by atoms with E-state index in [0.717, 1.165) is 30.1 Å². The molecule has 0 N–H and O–H groups in total. The Bertz CT molecular complexity index is 699. The first-order valence-corrected chi connectivity index (χ1v) is 8.48. The van der Waals surface area contributed by atoms with Crippen molar-refractivity contribution >= 4 is 17.7 Å². The van der Waals surface area contributed by atoms with Crippen molar-refractivity contribution in [3.8, 4) is 5.75 Å². The molecule has 3 amide bonds. The topological polar surface area (TPSA) is 66.9 Å². The summed E-state index contributed by atoms with van der Waals surface area (Å²) in [6.07, 6.45) is 2.31. The largest absolute Gasteiger partial charge is 0.493 e. The maximum Gasteiger partial charge on any atom is 0.242 e. The molecule has 3 aliphatic heterocycles. The van der Waals surface area contributed by atoms with E-state index in [1.54, 1.807) is 4.90 Å². The van der Waals surface area contributed by atoms with Crippen molar-refractivity contribution in [2.45, 2.75) is 31.6 Å². The minimum Gasteiger partial charge on any atom is -0.493 e. The Hall–Kier alpha value is -2.37. The minimum absolute atomic E-state index is 0.109. The molecule has 0 aromatic heterocycles. The molecule has 0 spiro atoms. The van der Waals surface area contributed by atoms with Crippen LogP contribution >= 0.6 is 0 Å². The zero-order valence-electron chi connectivity index (χ0n) is 13.5. The Morgan fingerprint density at radius 1 is 1.17 bits per heavy atom. The van der Waals surface area contributed by atoms with Gasteiger partial charge in [0.15, 0.2) is 0 Å². The monoisotopic (exact) mass is 328 g/mol. The number of fused-ring (bicyclic) bond motifs is 1. The summed E-state index contributed by atoms with van der Waals surface area (Å²) in [5, 5.41) is 0. The molecule has 1 atom stereocenters. The molecule has 4 rings (SSSR count). The Labute approximate surface area is 140 Å². The lowest BCUT2D eigenvalue weighted by Crippen LogP contribution is -2.41. The van der Waals surface area contributed by atoms with Gasteiger partial charge in [0.25, 0.3) is 0 Å². The van der Waals surface area contributed by atoms with Gasteiger partial charge >= 0.3 is 0 Å². The average molecular weight is 328 g/mol. The van der Waals surface area contributed by atoms with Gasteiger partial charge in [-0.2, -0.15) is 0 Å². The molecule has 0 bridgehead atoms. The minimum atomic E-state index is -0.234. The van der Waals surface area contributed by atoms with Gasteiger partial charge in [0, 0.05) is 38.3 Å². The Balaban J connectivity index is 1.40. The molecule has 0 aliphatic carbocycles. The smallest absolute Gasteiger partial charge is 0.242 e. The summed E-state index contributed by atoms with van der Waals surface area (Å²) in [4.78, 5) is 38.6. The van der Waals surface area contributed by atoms with Gasteiger partial charge in [-0.3, -0.25) is 19.3 Å².